The van der Waals surface area contributed by atoms with E-state index in [9.17, 15) is 9.59 Å². The molecule has 0 aliphatic carbocycles. The summed E-state index contributed by atoms with van der Waals surface area (Å²) in [5.41, 5.74) is 0.778. The van der Waals surface area contributed by atoms with Crippen LogP contribution in [0.1, 0.15) is 40.7 Å². The van der Waals surface area contributed by atoms with Gasteiger partial charge in [-0.2, -0.15) is 0 Å². The van der Waals surface area contributed by atoms with Crippen LogP contribution in [0.15, 0.2) is 67.0 Å². The number of nitrogens with zero attached hydrogens (tertiary/aromatic N) is 5. The van der Waals surface area contributed by atoms with E-state index in [1.54, 1.807) is 42.7 Å². The number of anilines is 1. The number of nitrogens with one attached hydrogen (secondary N) is 1. The Morgan fingerprint density at radius 3 is 2.61 bits per heavy atom. The maximum atomic E-state index is 12.8. The highest BCUT2D eigenvalue weighted by atomic mass is 16.5. The summed E-state index contributed by atoms with van der Waals surface area (Å²) in [5.74, 6) is -0.135. The zero-order valence-corrected chi connectivity index (χ0v) is 17.8. The van der Waals surface area contributed by atoms with Crippen molar-refractivity contribution in [3.8, 4) is 23.1 Å². The maximum absolute atomic E-state index is 12.8. The Morgan fingerprint density at radius 1 is 1.03 bits per heavy atom. The number of carboxylic acid groups (broad SMARTS) is 1. The molecule has 1 amide bonds. The van der Waals surface area contributed by atoms with Crippen molar-refractivity contribution in [1.82, 2.24) is 24.7 Å². The molecule has 0 unspecified atom stereocenters. The van der Waals surface area contributed by atoms with Gasteiger partial charge < -0.3 is 19.7 Å². The van der Waals surface area contributed by atoms with Crippen LogP contribution >= 0.6 is 0 Å². The Balaban J connectivity index is 1.51. The highest BCUT2D eigenvalue weighted by Gasteiger charge is 2.14. The normalized spacial score (nSPS) is 10.8. The van der Waals surface area contributed by atoms with Crippen LogP contribution in [-0.2, 0) is 0 Å². The van der Waals surface area contributed by atoms with Gasteiger partial charge in [0.1, 0.15) is 23.6 Å². The summed E-state index contributed by atoms with van der Waals surface area (Å²) in [5, 5.41) is 19.9. The number of carbonyl (C=O) groups excluding carboxylic acids is 1. The molecule has 3 aromatic heterocycles. The van der Waals surface area contributed by atoms with Gasteiger partial charge in [0.05, 0.1) is 0 Å². The number of amides is 1. The van der Waals surface area contributed by atoms with E-state index in [1.807, 2.05) is 18.4 Å². The molecule has 0 saturated heterocycles. The molecule has 10 nitrogen and oxygen atoms in total. The molecule has 4 rings (SSSR count). The molecule has 2 N–H and O–H groups in total. The molecule has 33 heavy (non-hydrogen) atoms. The van der Waals surface area contributed by atoms with Crippen LogP contribution in [-0.4, -0.2) is 41.7 Å². The van der Waals surface area contributed by atoms with Crippen LogP contribution in [0.25, 0.3) is 11.5 Å². The van der Waals surface area contributed by atoms with E-state index in [0.29, 0.717) is 28.6 Å². The average molecular weight is 444 g/mol. The zero-order chi connectivity index (χ0) is 23.4. The molecule has 10 heteroatoms. The summed E-state index contributed by atoms with van der Waals surface area (Å²) >= 11 is 0. The van der Waals surface area contributed by atoms with Gasteiger partial charge in [0.15, 0.2) is 11.5 Å². The van der Waals surface area contributed by atoms with Gasteiger partial charge in [-0.25, -0.2) is 14.8 Å². The van der Waals surface area contributed by atoms with Crippen molar-refractivity contribution in [2.75, 3.05) is 5.32 Å². The third-order valence-corrected chi connectivity index (χ3v) is 4.61. The minimum Gasteiger partial charge on any atom is -0.477 e. The number of benzene rings is 1. The van der Waals surface area contributed by atoms with Crippen molar-refractivity contribution in [2.45, 2.75) is 19.9 Å². The predicted octanol–water partition coefficient (Wildman–Crippen LogP) is 4.06. The highest BCUT2D eigenvalue weighted by Crippen LogP contribution is 2.23. The van der Waals surface area contributed by atoms with Gasteiger partial charge in [0.25, 0.3) is 5.91 Å². The number of carboxylic acids is 1. The number of aromatic carboxylic acids is 1. The van der Waals surface area contributed by atoms with Crippen LogP contribution < -0.4 is 10.1 Å². The third kappa shape index (κ3) is 5.01. The van der Waals surface area contributed by atoms with E-state index in [1.165, 1.54) is 24.3 Å². The predicted molar refractivity (Wildman–Crippen MR) is 119 cm³/mol. The number of ether oxygens (including phenoxy) is 1. The lowest BCUT2D eigenvalue weighted by Gasteiger charge is -2.11. The van der Waals surface area contributed by atoms with Gasteiger partial charge in [0.2, 0.25) is 5.88 Å². The highest BCUT2D eigenvalue weighted by molar-refractivity contribution is 6.04. The molecule has 166 valence electrons. The Morgan fingerprint density at radius 2 is 1.82 bits per heavy atom. The largest absolute Gasteiger partial charge is 0.477 e. The van der Waals surface area contributed by atoms with Crippen molar-refractivity contribution in [3.63, 3.8) is 0 Å². The molecule has 3 heterocycles. The smallest absolute Gasteiger partial charge is 0.354 e. The number of rotatable bonds is 7. The first-order valence-electron chi connectivity index (χ1n) is 10.1. The molecule has 0 fully saturated rings. The van der Waals surface area contributed by atoms with Crippen molar-refractivity contribution < 1.29 is 19.4 Å². The second-order valence-electron chi connectivity index (χ2n) is 7.31. The first kappa shape index (κ1) is 21.6. The summed E-state index contributed by atoms with van der Waals surface area (Å²) in [6.07, 6.45) is 1.64. The first-order chi connectivity index (χ1) is 15.9. The molecule has 0 bridgehead atoms. The second kappa shape index (κ2) is 9.27. The van der Waals surface area contributed by atoms with Gasteiger partial charge in [0, 0.05) is 17.7 Å². The van der Waals surface area contributed by atoms with Crippen LogP contribution in [0.4, 0.5) is 5.82 Å². The molecule has 0 aliphatic rings. The maximum Gasteiger partial charge on any atom is 0.354 e. The molecule has 4 aromatic rings. The summed E-state index contributed by atoms with van der Waals surface area (Å²) in [7, 11) is 0. The Kier molecular flexibility index (Phi) is 6.07. The summed E-state index contributed by atoms with van der Waals surface area (Å²) < 4.78 is 7.52. The van der Waals surface area contributed by atoms with E-state index in [-0.39, 0.29) is 23.5 Å². The number of carbonyl (C=O) groups is 2. The summed E-state index contributed by atoms with van der Waals surface area (Å²) in [6.45, 7) is 4.03. The van der Waals surface area contributed by atoms with Crippen LogP contribution in [0.5, 0.6) is 11.6 Å². The minimum absolute atomic E-state index is 0.107. The van der Waals surface area contributed by atoms with E-state index < -0.39 is 5.97 Å². The number of hydrogen-bond acceptors (Lipinski definition) is 7. The van der Waals surface area contributed by atoms with E-state index in [0.717, 1.165) is 0 Å². The molecule has 0 spiro atoms. The third-order valence-electron chi connectivity index (χ3n) is 4.61. The van der Waals surface area contributed by atoms with Crippen LogP contribution in [0.3, 0.4) is 0 Å². The van der Waals surface area contributed by atoms with E-state index in [4.69, 9.17) is 9.84 Å². The lowest BCUT2D eigenvalue weighted by Crippen LogP contribution is -2.13. The fraction of sp³-hybridized carbons (Fsp3) is 0.130. The molecule has 0 atom stereocenters. The minimum atomic E-state index is -1.16. The van der Waals surface area contributed by atoms with Gasteiger partial charge in [-0.05, 0) is 50.2 Å². The Labute approximate surface area is 188 Å². The summed E-state index contributed by atoms with van der Waals surface area (Å²) in [4.78, 5) is 32.3. The lowest BCUT2D eigenvalue weighted by molar-refractivity contribution is 0.0689. The van der Waals surface area contributed by atoms with Crippen LogP contribution in [0.2, 0.25) is 0 Å². The molecule has 0 aliphatic heterocycles. The first-order valence-corrected chi connectivity index (χ1v) is 10.1. The monoisotopic (exact) mass is 444 g/mol. The number of hydrogen-bond donors (Lipinski definition) is 2. The molecule has 0 radical (unpaired) electrons. The van der Waals surface area contributed by atoms with E-state index >= 15 is 0 Å². The Bertz CT molecular complexity index is 1320. The van der Waals surface area contributed by atoms with Crippen molar-refractivity contribution in [2.24, 2.45) is 0 Å². The van der Waals surface area contributed by atoms with Crippen molar-refractivity contribution in [1.29, 1.82) is 0 Å². The van der Waals surface area contributed by atoms with Crippen molar-refractivity contribution in [3.05, 3.63) is 78.2 Å². The number of aromatic nitrogens is 5. The zero-order valence-electron chi connectivity index (χ0n) is 17.8. The summed E-state index contributed by atoms with van der Waals surface area (Å²) in [6, 6.07) is 16.3. The molecule has 1 aromatic carbocycles. The molecular weight excluding hydrogens is 424 g/mol. The topological polar surface area (TPSA) is 132 Å². The number of pyridine rings is 2. The average Bonchev–Trinajstić information content (AvgIpc) is 3.30. The SMILES string of the molecule is CC(C)n1cnnc1-c1cccc(NC(=O)c2cccc(Oc3cccc(C(=O)O)n3)c2)n1. The fourth-order valence-corrected chi connectivity index (χ4v) is 3.03. The van der Waals surface area contributed by atoms with Gasteiger partial charge in [-0.1, -0.05) is 18.2 Å². The van der Waals surface area contributed by atoms with Gasteiger partial charge in [-0.15, -0.1) is 10.2 Å². The van der Waals surface area contributed by atoms with Crippen molar-refractivity contribution >= 4 is 17.7 Å². The molecular formula is C23H20N6O4. The van der Waals surface area contributed by atoms with Gasteiger partial charge >= 0.3 is 5.97 Å². The lowest BCUT2D eigenvalue weighted by atomic mass is 10.2. The fourth-order valence-electron chi connectivity index (χ4n) is 3.03. The second-order valence-corrected chi connectivity index (χ2v) is 7.31. The van der Waals surface area contributed by atoms with Crippen LogP contribution in [0, 0.1) is 0 Å². The molecule has 0 saturated carbocycles. The Hall–Kier alpha value is -4.60. The quantitative estimate of drug-likeness (QED) is 0.436. The van der Waals surface area contributed by atoms with E-state index in [2.05, 4.69) is 25.5 Å². The standard InChI is InChI=1S/C23H20N6O4/c1-14(2)29-13-24-28-21(29)17-8-4-10-19(25-17)27-22(30)15-6-3-7-16(12-15)33-20-11-5-9-18(26-20)23(31)32/h3-14H,1-2H3,(H,31,32)(H,25,27,30). The van der Waals surface area contributed by atoms with Gasteiger partial charge in [-0.3, -0.25) is 4.79 Å².